The second kappa shape index (κ2) is 13.0. The average molecular weight is 669 g/mol. The highest BCUT2D eigenvalue weighted by Gasteiger charge is 2.38. The highest BCUT2D eigenvalue weighted by atomic mass is 32.2. The van der Waals surface area contributed by atoms with Crippen molar-refractivity contribution in [2.24, 2.45) is 0 Å². The SMILES string of the molecule is CCO[SH+]CCCN1C(=O)c2ccc3c4ccc5c6c(ccc(c7ccc(c2c37)C1=O)c64)C(=O)N(CCC[Si+](OCC)OCC)C5=O. The van der Waals surface area contributed by atoms with Gasteiger partial charge in [0.1, 0.15) is 30.4 Å². The van der Waals surface area contributed by atoms with E-state index in [4.69, 9.17) is 13.0 Å². The monoisotopic (exact) mass is 668 g/mol. The number of hydrogen-bond acceptors (Lipinski definition) is 7. The predicted molar refractivity (Wildman–Crippen MR) is 187 cm³/mol. The number of imide groups is 2. The maximum Gasteiger partial charge on any atom is 0.643 e. The lowest BCUT2D eigenvalue weighted by Gasteiger charge is -2.30. The Labute approximate surface area is 278 Å². The molecule has 0 aromatic heterocycles. The van der Waals surface area contributed by atoms with Crippen molar-refractivity contribution in [3.63, 3.8) is 0 Å². The highest BCUT2D eigenvalue weighted by Crippen LogP contribution is 2.46. The van der Waals surface area contributed by atoms with Gasteiger partial charge in [0.2, 0.25) is 0 Å². The third kappa shape index (κ3) is 5.12. The second-order valence-corrected chi connectivity index (χ2v) is 14.4. The quantitative estimate of drug-likeness (QED) is 0.0271. The Hall–Kier alpha value is -3.87. The van der Waals surface area contributed by atoms with E-state index in [0.717, 1.165) is 50.1 Å². The zero-order valence-electron chi connectivity index (χ0n) is 26.7. The van der Waals surface area contributed by atoms with Crippen LogP contribution in [0, 0.1) is 0 Å². The van der Waals surface area contributed by atoms with Crippen LogP contribution in [0.15, 0.2) is 48.5 Å². The number of carbonyl (C=O) groups excluding carboxylic acids is 4. The molecule has 0 aliphatic carbocycles. The van der Waals surface area contributed by atoms with Gasteiger partial charge in [-0.1, -0.05) is 24.3 Å². The van der Waals surface area contributed by atoms with Crippen molar-refractivity contribution in [3.05, 3.63) is 70.8 Å². The molecule has 0 spiro atoms. The summed E-state index contributed by atoms with van der Waals surface area (Å²) in [6, 6.07) is 15.7. The summed E-state index contributed by atoms with van der Waals surface area (Å²) in [4.78, 5) is 57.8. The summed E-state index contributed by atoms with van der Waals surface area (Å²) in [5, 5.41) is 6.53. The summed E-state index contributed by atoms with van der Waals surface area (Å²) in [5.74, 6) is -0.450. The van der Waals surface area contributed by atoms with Crippen LogP contribution in [-0.4, -0.2) is 81.4 Å². The van der Waals surface area contributed by atoms with E-state index in [1.54, 1.807) is 0 Å². The molecule has 2 aliphatic rings. The summed E-state index contributed by atoms with van der Waals surface area (Å²) in [5.41, 5.74) is 2.02. The van der Waals surface area contributed by atoms with Crippen LogP contribution in [0.25, 0.3) is 43.1 Å². The first-order chi connectivity index (χ1) is 22.9. The van der Waals surface area contributed by atoms with Gasteiger partial charge in [-0.2, -0.15) is 4.18 Å². The number of benzene rings is 5. The molecule has 7 rings (SSSR count). The fraction of sp³-hybridized carbons (Fsp3) is 0.333. The molecular formula is C36H36N2O7SSi+2. The maximum absolute atomic E-state index is 13.8. The largest absolute Gasteiger partial charge is 0.643 e. The van der Waals surface area contributed by atoms with Crippen molar-refractivity contribution in [1.82, 2.24) is 9.80 Å². The molecule has 0 unspecified atom stereocenters. The van der Waals surface area contributed by atoms with Gasteiger partial charge in [-0.15, -0.1) is 0 Å². The van der Waals surface area contributed by atoms with Gasteiger partial charge >= 0.3 is 9.28 Å². The van der Waals surface area contributed by atoms with Crippen molar-refractivity contribution < 1.29 is 32.2 Å². The molecule has 2 aliphatic heterocycles. The van der Waals surface area contributed by atoms with Gasteiger partial charge in [0.25, 0.3) is 23.6 Å². The van der Waals surface area contributed by atoms with E-state index in [-0.39, 0.29) is 30.2 Å². The summed E-state index contributed by atoms with van der Waals surface area (Å²) in [6.07, 6.45) is 1.26. The second-order valence-electron chi connectivity index (χ2n) is 11.6. The smallest absolute Gasteiger partial charge is 0.274 e. The minimum Gasteiger partial charge on any atom is -0.274 e. The Morgan fingerprint density at radius 3 is 1.34 bits per heavy atom. The molecule has 5 aromatic carbocycles. The Balaban J connectivity index is 1.29. The number of fused-ring (bicyclic) bond motifs is 2. The lowest BCUT2D eigenvalue weighted by molar-refractivity contribution is 0.0595. The van der Waals surface area contributed by atoms with Gasteiger partial charge in [0.05, 0.1) is 13.2 Å². The molecule has 0 bridgehead atoms. The third-order valence-electron chi connectivity index (χ3n) is 9.03. The normalized spacial score (nSPS) is 14.6. The number of nitrogens with zero attached hydrogens (tertiary/aromatic N) is 2. The lowest BCUT2D eigenvalue weighted by atomic mass is 9.82. The van der Waals surface area contributed by atoms with Crippen LogP contribution >= 0.6 is 0 Å². The van der Waals surface area contributed by atoms with Crippen LogP contribution < -0.4 is 0 Å². The van der Waals surface area contributed by atoms with E-state index in [9.17, 15) is 19.2 Å². The minimum absolute atomic E-state index is 0.287. The molecule has 11 heteroatoms. The topological polar surface area (TPSA) is 102 Å². The fourth-order valence-electron chi connectivity index (χ4n) is 7.11. The van der Waals surface area contributed by atoms with Gasteiger partial charge in [-0.05, 0) is 83.8 Å². The Kier molecular flexibility index (Phi) is 8.75. The zero-order chi connectivity index (χ0) is 32.8. The van der Waals surface area contributed by atoms with Gasteiger partial charge in [0, 0.05) is 52.5 Å². The van der Waals surface area contributed by atoms with E-state index in [1.807, 2.05) is 69.3 Å². The molecule has 0 atom stereocenters. The van der Waals surface area contributed by atoms with Gasteiger partial charge in [0.15, 0.2) is 0 Å². The molecule has 47 heavy (non-hydrogen) atoms. The van der Waals surface area contributed by atoms with Crippen molar-refractivity contribution >= 4 is 88.0 Å². The molecule has 9 nitrogen and oxygen atoms in total. The van der Waals surface area contributed by atoms with E-state index >= 15 is 0 Å². The predicted octanol–water partition coefficient (Wildman–Crippen LogP) is 6.04. The molecular weight excluding hydrogens is 633 g/mol. The standard InChI is InChI=1S/C36H35N2O7SSi/c1-4-43-46-19-7-17-37-33(39)25-13-9-21-23-11-15-27-32-28(36(42)38(35(27)41)18-8-20-47(44-5-2)45-6-3)16-12-24(30(23)32)22-10-14-26(34(37)40)31(25)29(21)22/h9-16H,4-8,17-20H2,1-3H3/q+1/p+1. The molecule has 0 saturated heterocycles. The molecule has 0 fully saturated rings. The Bertz CT molecular complexity index is 1960. The zero-order valence-corrected chi connectivity index (χ0v) is 28.6. The first kappa shape index (κ1) is 31.7. The van der Waals surface area contributed by atoms with Crippen LogP contribution in [0.4, 0.5) is 0 Å². The van der Waals surface area contributed by atoms with Gasteiger partial charge in [-0.3, -0.25) is 29.0 Å². The van der Waals surface area contributed by atoms with Crippen molar-refractivity contribution in [2.75, 3.05) is 38.7 Å². The summed E-state index contributed by atoms with van der Waals surface area (Å²) >= 11 is 0.846. The van der Waals surface area contributed by atoms with E-state index in [2.05, 4.69) is 0 Å². The van der Waals surface area contributed by atoms with Gasteiger partial charge < -0.3 is 0 Å². The number of amides is 4. The summed E-state index contributed by atoms with van der Waals surface area (Å²) < 4.78 is 16.9. The molecule has 0 N–H and O–H groups in total. The van der Waals surface area contributed by atoms with Crippen LogP contribution in [0.5, 0.6) is 0 Å². The lowest BCUT2D eigenvalue weighted by Crippen LogP contribution is -2.41. The number of thiol groups is 1. The third-order valence-corrected chi connectivity index (χ3v) is 12.0. The number of hydrogen-bond donors (Lipinski definition) is 0. The molecule has 0 radical (unpaired) electrons. The Morgan fingerprint density at radius 1 is 0.553 bits per heavy atom. The minimum atomic E-state index is -1.46. The van der Waals surface area contributed by atoms with Crippen LogP contribution in [0.3, 0.4) is 0 Å². The van der Waals surface area contributed by atoms with Crippen molar-refractivity contribution in [3.8, 4) is 0 Å². The van der Waals surface area contributed by atoms with E-state index in [0.29, 0.717) is 78.3 Å². The first-order valence-electron chi connectivity index (χ1n) is 16.2. The van der Waals surface area contributed by atoms with Crippen LogP contribution in [0.2, 0.25) is 6.04 Å². The molecule has 2 heterocycles. The molecule has 5 aromatic rings. The number of rotatable bonds is 14. The van der Waals surface area contributed by atoms with Crippen LogP contribution in [-0.2, 0) is 25.1 Å². The fourth-order valence-corrected chi connectivity index (χ4v) is 9.16. The molecule has 240 valence electrons. The maximum atomic E-state index is 13.8. The van der Waals surface area contributed by atoms with Crippen molar-refractivity contribution in [2.45, 2.75) is 39.7 Å². The highest BCUT2D eigenvalue weighted by molar-refractivity contribution is 7.73. The summed E-state index contributed by atoms with van der Waals surface area (Å²) in [6.45, 7) is 8.17. The van der Waals surface area contributed by atoms with Gasteiger partial charge in [-0.25, -0.2) is 8.85 Å². The van der Waals surface area contributed by atoms with Crippen molar-refractivity contribution in [1.29, 1.82) is 0 Å². The van der Waals surface area contributed by atoms with Crippen LogP contribution in [0.1, 0.15) is 75.0 Å². The average Bonchev–Trinajstić information content (AvgIpc) is 3.08. The summed E-state index contributed by atoms with van der Waals surface area (Å²) in [7, 11) is -1.46. The van der Waals surface area contributed by atoms with E-state index in [1.165, 1.54) is 9.80 Å². The first-order valence-corrected chi connectivity index (χ1v) is 18.8. The number of carbonyl (C=O) groups is 4. The van der Waals surface area contributed by atoms with E-state index < -0.39 is 9.28 Å². The Morgan fingerprint density at radius 2 is 0.957 bits per heavy atom. The molecule has 4 amide bonds. The molecule has 0 saturated carbocycles.